The lowest BCUT2D eigenvalue weighted by molar-refractivity contribution is -0.126. The van der Waals surface area contributed by atoms with Crippen LogP contribution in [0.1, 0.15) is 37.9 Å². The molecule has 3 rings (SSSR count). The van der Waals surface area contributed by atoms with Gasteiger partial charge in [-0.3, -0.25) is 4.79 Å². The van der Waals surface area contributed by atoms with Crippen molar-refractivity contribution < 1.29 is 9.53 Å². The van der Waals surface area contributed by atoms with Crippen molar-refractivity contribution in [2.45, 2.75) is 52.3 Å². The zero-order chi connectivity index (χ0) is 18.4. The fourth-order valence-corrected chi connectivity index (χ4v) is 3.47. The largest absolute Gasteiger partial charge is 0.357 e. The van der Waals surface area contributed by atoms with Crippen molar-refractivity contribution in [1.82, 2.24) is 20.3 Å². The first-order valence-electron chi connectivity index (χ1n) is 9.41. The molecule has 1 aromatic carbocycles. The number of hydrogen-bond acceptors (Lipinski definition) is 4. The Hall–Kier alpha value is -2.21. The molecule has 1 aliphatic heterocycles. The van der Waals surface area contributed by atoms with E-state index in [0.29, 0.717) is 19.3 Å². The third-order valence-corrected chi connectivity index (χ3v) is 4.78. The van der Waals surface area contributed by atoms with Gasteiger partial charge in [-0.05, 0) is 37.2 Å². The number of nitrogens with zero attached hydrogens (tertiary/aromatic N) is 3. The van der Waals surface area contributed by atoms with Crippen LogP contribution >= 0.6 is 0 Å². The van der Waals surface area contributed by atoms with Gasteiger partial charge in [-0.15, -0.1) is 5.10 Å². The Kier molecular flexibility index (Phi) is 6.39. The van der Waals surface area contributed by atoms with Crippen LogP contribution in [0.5, 0.6) is 0 Å². The van der Waals surface area contributed by atoms with Gasteiger partial charge in [0, 0.05) is 5.92 Å². The SMILES string of the molecule is CC(C)C[C@H]1COCn2nncc2CC[C@@H](Cc2ccccc2)C(=O)N1. The topological polar surface area (TPSA) is 69.0 Å². The van der Waals surface area contributed by atoms with E-state index in [-0.39, 0.29) is 17.9 Å². The fourth-order valence-electron chi connectivity index (χ4n) is 3.47. The van der Waals surface area contributed by atoms with Gasteiger partial charge in [-0.1, -0.05) is 49.4 Å². The highest BCUT2D eigenvalue weighted by molar-refractivity contribution is 5.79. The number of rotatable bonds is 4. The van der Waals surface area contributed by atoms with E-state index in [0.717, 1.165) is 31.4 Å². The van der Waals surface area contributed by atoms with Gasteiger partial charge in [0.2, 0.25) is 5.91 Å². The molecule has 0 fully saturated rings. The number of aryl methyl sites for hydroxylation is 1. The average Bonchev–Trinajstić information content (AvgIpc) is 3.05. The molecule has 6 nitrogen and oxygen atoms in total. The van der Waals surface area contributed by atoms with Crippen molar-refractivity contribution in [2.24, 2.45) is 11.8 Å². The van der Waals surface area contributed by atoms with Crippen LogP contribution in [0.4, 0.5) is 0 Å². The number of hydrogen-bond donors (Lipinski definition) is 1. The highest BCUT2D eigenvalue weighted by Crippen LogP contribution is 2.18. The van der Waals surface area contributed by atoms with E-state index < -0.39 is 0 Å². The number of carbonyl (C=O) groups is 1. The number of ether oxygens (including phenoxy) is 1. The Morgan fingerprint density at radius 2 is 2.12 bits per heavy atom. The van der Waals surface area contributed by atoms with Crippen molar-refractivity contribution in [3.05, 3.63) is 47.8 Å². The molecule has 6 heteroatoms. The standard InChI is InChI=1S/C20H28N4O2/c1-15(2)10-18-13-26-14-24-19(12-21-23-24)9-8-17(20(25)22-18)11-16-6-4-3-5-7-16/h3-7,12,15,17-18H,8-11,13-14H2,1-2H3,(H,22,25)/t17-,18-/m0/s1. The van der Waals surface area contributed by atoms with Crippen LogP contribution in [0.2, 0.25) is 0 Å². The molecule has 1 N–H and O–H groups in total. The molecule has 1 amide bonds. The summed E-state index contributed by atoms with van der Waals surface area (Å²) in [6.07, 6.45) is 4.93. The molecule has 2 aromatic rings. The van der Waals surface area contributed by atoms with Gasteiger partial charge in [0.1, 0.15) is 6.73 Å². The molecule has 0 spiro atoms. The summed E-state index contributed by atoms with van der Waals surface area (Å²) in [5, 5.41) is 11.3. The van der Waals surface area contributed by atoms with Gasteiger partial charge in [0.15, 0.2) is 0 Å². The average molecular weight is 356 g/mol. The summed E-state index contributed by atoms with van der Waals surface area (Å²) in [6.45, 7) is 5.19. The van der Waals surface area contributed by atoms with Crippen LogP contribution in [0, 0.1) is 11.8 Å². The first-order valence-corrected chi connectivity index (χ1v) is 9.41. The normalized spacial score (nSPS) is 21.7. The van der Waals surface area contributed by atoms with E-state index in [4.69, 9.17) is 4.74 Å². The van der Waals surface area contributed by atoms with Crippen molar-refractivity contribution in [3.8, 4) is 0 Å². The second kappa shape index (κ2) is 8.94. The molecule has 0 unspecified atom stereocenters. The predicted octanol–water partition coefficient (Wildman–Crippen LogP) is 2.59. The summed E-state index contributed by atoms with van der Waals surface area (Å²) in [6, 6.07) is 10.2. The fraction of sp³-hybridized carbons (Fsp3) is 0.550. The third-order valence-electron chi connectivity index (χ3n) is 4.78. The van der Waals surface area contributed by atoms with Crippen molar-refractivity contribution >= 4 is 5.91 Å². The number of amides is 1. The van der Waals surface area contributed by atoms with E-state index in [1.165, 1.54) is 5.56 Å². The second-order valence-electron chi connectivity index (χ2n) is 7.49. The van der Waals surface area contributed by atoms with Crippen molar-refractivity contribution in [1.29, 1.82) is 0 Å². The smallest absolute Gasteiger partial charge is 0.223 e. The van der Waals surface area contributed by atoms with Crippen molar-refractivity contribution in [2.75, 3.05) is 6.61 Å². The molecule has 1 aliphatic rings. The quantitative estimate of drug-likeness (QED) is 0.914. The minimum atomic E-state index is -0.0755. The predicted molar refractivity (Wildman–Crippen MR) is 99.3 cm³/mol. The van der Waals surface area contributed by atoms with Gasteiger partial charge < -0.3 is 10.1 Å². The van der Waals surface area contributed by atoms with Crippen LogP contribution in [0.25, 0.3) is 0 Å². The van der Waals surface area contributed by atoms with Gasteiger partial charge in [-0.25, -0.2) is 4.68 Å². The minimum Gasteiger partial charge on any atom is -0.357 e. The maximum absolute atomic E-state index is 13.0. The van der Waals surface area contributed by atoms with Gasteiger partial charge in [0.25, 0.3) is 0 Å². The summed E-state index contributed by atoms with van der Waals surface area (Å²) >= 11 is 0. The van der Waals surface area contributed by atoms with E-state index >= 15 is 0 Å². The van der Waals surface area contributed by atoms with Gasteiger partial charge in [0.05, 0.1) is 24.5 Å². The first-order chi connectivity index (χ1) is 12.6. The van der Waals surface area contributed by atoms with Crippen LogP contribution in [-0.4, -0.2) is 33.5 Å². The summed E-state index contributed by atoms with van der Waals surface area (Å²) in [4.78, 5) is 13.0. The lowest BCUT2D eigenvalue weighted by Crippen LogP contribution is -2.42. The Morgan fingerprint density at radius 3 is 2.88 bits per heavy atom. The zero-order valence-electron chi connectivity index (χ0n) is 15.6. The van der Waals surface area contributed by atoms with E-state index in [9.17, 15) is 4.79 Å². The Labute approximate surface area is 154 Å². The van der Waals surface area contributed by atoms with Gasteiger partial charge in [-0.2, -0.15) is 0 Å². The number of fused-ring (bicyclic) bond motifs is 1. The summed E-state index contributed by atoms with van der Waals surface area (Å²) in [7, 11) is 0. The molecule has 2 atom stereocenters. The summed E-state index contributed by atoms with van der Waals surface area (Å²) in [5.74, 6) is 0.529. The Balaban J connectivity index is 1.79. The highest BCUT2D eigenvalue weighted by Gasteiger charge is 2.24. The summed E-state index contributed by atoms with van der Waals surface area (Å²) in [5.41, 5.74) is 2.20. The molecule has 0 saturated heterocycles. The summed E-state index contributed by atoms with van der Waals surface area (Å²) < 4.78 is 7.60. The van der Waals surface area contributed by atoms with Crippen LogP contribution in [-0.2, 0) is 29.1 Å². The Morgan fingerprint density at radius 1 is 1.31 bits per heavy atom. The lowest BCUT2D eigenvalue weighted by atomic mass is 9.92. The van der Waals surface area contributed by atoms with Gasteiger partial charge >= 0.3 is 0 Å². The number of aromatic nitrogens is 3. The molecular weight excluding hydrogens is 328 g/mol. The molecular formula is C20H28N4O2. The molecule has 26 heavy (non-hydrogen) atoms. The maximum Gasteiger partial charge on any atom is 0.223 e. The first kappa shape index (κ1) is 18.6. The third kappa shape index (κ3) is 5.14. The molecule has 0 aliphatic carbocycles. The van der Waals surface area contributed by atoms with Crippen molar-refractivity contribution in [3.63, 3.8) is 0 Å². The number of nitrogens with one attached hydrogen (secondary N) is 1. The van der Waals surface area contributed by atoms with E-state index in [2.05, 4.69) is 41.6 Å². The van der Waals surface area contributed by atoms with E-state index in [1.807, 2.05) is 18.2 Å². The minimum absolute atomic E-state index is 0.0193. The van der Waals surface area contributed by atoms with Crippen LogP contribution in [0.15, 0.2) is 36.5 Å². The lowest BCUT2D eigenvalue weighted by Gasteiger charge is -2.23. The molecule has 2 heterocycles. The number of carbonyl (C=O) groups excluding carboxylic acids is 1. The molecule has 1 aromatic heterocycles. The number of benzene rings is 1. The molecule has 0 saturated carbocycles. The second-order valence-corrected chi connectivity index (χ2v) is 7.49. The molecule has 0 bridgehead atoms. The molecule has 140 valence electrons. The van der Waals surface area contributed by atoms with E-state index in [1.54, 1.807) is 10.9 Å². The van der Waals surface area contributed by atoms with Crippen LogP contribution in [0.3, 0.4) is 0 Å². The highest BCUT2D eigenvalue weighted by atomic mass is 16.5. The zero-order valence-corrected chi connectivity index (χ0v) is 15.6. The monoisotopic (exact) mass is 356 g/mol. The van der Waals surface area contributed by atoms with Crippen LogP contribution < -0.4 is 5.32 Å². The molecule has 0 radical (unpaired) electrons. The maximum atomic E-state index is 13.0. The Bertz CT molecular complexity index is 699.